The zero-order valence-electron chi connectivity index (χ0n) is 10.1. The highest BCUT2D eigenvalue weighted by Gasteiger charge is 2.24. The maximum absolute atomic E-state index is 10.5. The Kier molecular flexibility index (Phi) is 11.4. The standard InChI is InChI=1S/C5H7NO2.C4H10.C2H6/c1-6-4(7)2-3-5(6)8;1-3-4-2;1-2/h2-3H2,1H3;3-4H2,1-2H3;1-2H3. The number of hydrogen-bond donors (Lipinski definition) is 0. The zero-order valence-corrected chi connectivity index (χ0v) is 10.1. The maximum Gasteiger partial charge on any atom is 0.229 e. The molecule has 3 nitrogen and oxygen atoms in total. The van der Waals surface area contributed by atoms with E-state index in [1.165, 1.54) is 24.8 Å². The molecular weight excluding hydrogens is 178 g/mol. The Bertz CT molecular complexity index is 149. The van der Waals surface area contributed by atoms with E-state index in [9.17, 15) is 9.59 Å². The van der Waals surface area contributed by atoms with Gasteiger partial charge in [-0.05, 0) is 0 Å². The van der Waals surface area contributed by atoms with Crippen molar-refractivity contribution in [1.29, 1.82) is 0 Å². The molecule has 1 aliphatic heterocycles. The van der Waals surface area contributed by atoms with E-state index < -0.39 is 0 Å². The van der Waals surface area contributed by atoms with Gasteiger partial charge in [-0.2, -0.15) is 0 Å². The minimum atomic E-state index is -0.0602. The van der Waals surface area contributed by atoms with Crippen molar-refractivity contribution in [3.63, 3.8) is 0 Å². The van der Waals surface area contributed by atoms with Gasteiger partial charge in [-0.1, -0.05) is 40.5 Å². The molecule has 84 valence electrons. The zero-order chi connectivity index (χ0) is 11.6. The molecule has 1 saturated heterocycles. The topological polar surface area (TPSA) is 37.4 Å². The molecule has 2 amide bonds. The number of hydrogen-bond acceptors (Lipinski definition) is 2. The van der Waals surface area contributed by atoms with Crippen molar-refractivity contribution in [2.45, 2.75) is 53.4 Å². The lowest BCUT2D eigenvalue weighted by atomic mass is 10.4. The van der Waals surface area contributed by atoms with Crippen LogP contribution in [0.25, 0.3) is 0 Å². The van der Waals surface area contributed by atoms with Gasteiger partial charge in [0.2, 0.25) is 11.8 Å². The van der Waals surface area contributed by atoms with E-state index in [0.717, 1.165) is 0 Å². The molecule has 14 heavy (non-hydrogen) atoms. The van der Waals surface area contributed by atoms with E-state index in [-0.39, 0.29) is 11.8 Å². The Morgan fingerprint density at radius 2 is 1.29 bits per heavy atom. The lowest BCUT2D eigenvalue weighted by Crippen LogP contribution is -2.23. The molecule has 0 aliphatic carbocycles. The molecule has 0 bridgehead atoms. The van der Waals surface area contributed by atoms with Crippen molar-refractivity contribution >= 4 is 11.8 Å². The van der Waals surface area contributed by atoms with Gasteiger partial charge in [-0.15, -0.1) is 0 Å². The minimum absolute atomic E-state index is 0.0602. The van der Waals surface area contributed by atoms with E-state index in [0.29, 0.717) is 12.8 Å². The molecule has 0 radical (unpaired) electrons. The lowest BCUT2D eigenvalue weighted by Gasteiger charge is -2.01. The molecule has 0 aromatic heterocycles. The van der Waals surface area contributed by atoms with E-state index >= 15 is 0 Å². The first-order valence-electron chi connectivity index (χ1n) is 5.42. The first-order valence-corrected chi connectivity index (χ1v) is 5.42. The first kappa shape index (κ1) is 15.6. The minimum Gasteiger partial charge on any atom is -0.286 e. The van der Waals surface area contributed by atoms with Crippen LogP contribution in [0.5, 0.6) is 0 Å². The van der Waals surface area contributed by atoms with Crippen LogP contribution in [0.15, 0.2) is 0 Å². The van der Waals surface area contributed by atoms with Gasteiger partial charge in [-0.3, -0.25) is 14.5 Å². The molecule has 0 spiro atoms. The van der Waals surface area contributed by atoms with Crippen LogP contribution in [0.4, 0.5) is 0 Å². The molecule has 0 saturated carbocycles. The smallest absolute Gasteiger partial charge is 0.229 e. The highest BCUT2D eigenvalue weighted by Crippen LogP contribution is 2.07. The molecule has 0 N–H and O–H groups in total. The van der Waals surface area contributed by atoms with Crippen molar-refractivity contribution in [2.24, 2.45) is 0 Å². The van der Waals surface area contributed by atoms with Crippen molar-refractivity contribution in [3.05, 3.63) is 0 Å². The summed E-state index contributed by atoms with van der Waals surface area (Å²) in [5, 5.41) is 0. The third-order valence-corrected chi connectivity index (χ3v) is 1.80. The molecular formula is C11H23NO2. The van der Waals surface area contributed by atoms with Crippen LogP contribution in [-0.2, 0) is 9.59 Å². The van der Waals surface area contributed by atoms with Gasteiger partial charge >= 0.3 is 0 Å². The monoisotopic (exact) mass is 201 g/mol. The molecule has 0 aromatic rings. The molecule has 0 atom stereocenters. The fraction of sp³-hybridized carbons (Fsp3) is 0.818. The summed E-state index contributed by atoms with van der Waals surface area (Å²) in [6.45, 7) is 8.36. The van der Waals surface area contributed by atoms with Crippen molar-refractivity contribution in [3.8, 4) is 0 Å². The first-order chi connectivity index (χ1) is 6.63. The van der Waals surface area contributed by atoms with Gasteiger partial charge in [0.1, 0.15) is 0 Å². The second-order valence-electron chi connectivity index (χ2n) is 2.85. The number of likely N-dealkylation sites (tertiary alicyclic amines) is 1. The quantitative estimate of drug-likeness (QED) is 0.611. The summed E-state index contributed by atoms with van der Waals surface area (Å²) in [6, 6.07) is 0. The van der Waals surface area contributed by atoms with Crippen LogP contribution in [0, 0.1) is 0 Å². The third kappa shape index (κ3) is 6.63. The molecule has 3 heteroatoms. The van der Waals surface area contributed by atoms with Crippen molar-refractivity contribution in [1.82, 2.24) is 4.90 Å². The summed E-state index contributed by atoms with van der Waals surface area (Å²) in [5.41, 5.74) is 0. The van der Waals surface area contributed by atoms with Gasteiger partial charge in [0.25, 0.3) is 0 Å². The fourth-order valence-corrected chi connectivity index (χ4v) is 0.688. The summed E-state index contributed by atoms with van der Waals surface area (Å²) in [7, 11) is 1.51. The third-order valence-electron chi connectivity index (χ3n) is 1.80. The Hall–Kier alpha value is -0.860. The SMILES string of the molecule is CC.CCCC.CN1C(=O)CCC1=O. The highest BCUT2D eigenvalue weighted by molar-refractivity contribution is 6.01. The highest BCUT2D eigenvalue weighted by atomic mass is 16.2. The molecule has 0 unspecified atom stereocenters. The number of carbonyl (C=O) groups is 2. The largest absolute Gasteiger partial charge is 0.286 e. The van der Waals surface area contributed by atoms with Gasteiger partial charge in [0, 0.05) is 19.9 Å². The van der Waals surface area contributed by atoms with Crippen molar-refractivity contribution < 1.29 is 9.59 Å². The Labute approximate surface area is 87.5 Å². The number of amides is 2. The van der Waals surface area contributed by atoms with Gasteiger partial charge < -0.3 is 0 Å². The van der Waals surface area contributed by atoms with Crippen LogP contribution in [0.3, 0.4) is 0 Å². The van der Waals surface area contributed by atoms with E-state index in [2.05, 4.69) is 13.8 Å². The molecule has 1 aliphatic rings. The molecule has 1 fully saturated rings. The second-order valence-corrected chi connectivity index (χ2v) is 2.85. The summed E-state index contributed by atoms with van der Waals surface area (Å²) in [6.07, 6.45) is 3.44. The van der Waals surface area contributed by atoms with E-state index in [1.807, 2.05) is 13.8 Å². The van der Waals surface area contributed by atoms with Gasteiger partial charge in [-0.25, -0.2) is 0 Å². The van der Waals surface area contributed by atoms with Gasteiger partial charge in [0.15, 0.2) is 0 Å². The normalized spacial score (nSPS) is 14.2. The van der Waals surface area contributed by atoms with E-state index in [4.69, 9.17) is 0 Å². The second kappa shape index (κ2) is 10.2. The van der Waals surface area contributed by atoms with Crippen LogP contribution in [0.2, 0.25) is 0 Å². The van der Waals surface area contributed by atoms with Gasteiger partial charge in [0.05, 0.1) is 0 Å². The van der Waals surface area contributed by atoms with E-state index in [1.54, 1.807) is 0 Å². The summed E-state index contributed by atoms with van der Waals surface area (Å²) >= 11 is 0. The molecule has 1 heterocycles. The van der Waals surface area contributed by atoms with Crippen LogP contribution in [0.1, 0.15) is 53.4 Å². The predicted octanol–water partition coefficient (Wildman–Crippen LogP) is 2.60. The summed E-state index contributed by atoms with van der Waals surface area (Å²) in [4.78, 5) is 22.1. The van der Waals surface area contributed by atoms with Crippen molar-refractivity contribution in [2.75, 3.05) is 7.05 Å². The van der Waals surface area contributed by atoms with Crippen LogP contribution in [-0.4, -0.2) is 23.8 Å². The maximum atomic E-state index is 10.5. The number of unbranched alkanes of at least 4 members (excludes halogenated alkanes) is 1. The molecule has 0 aromatic carbocycles. The predicted molar refractivity (Wildman–Crippen MR) is 58.9 cm³/mol. The number of nitrogens with zero attached hydrogens (tertiary/aromatic N) is 1. The Morgan fingerprint density at radius 3 is 1.36 bits per heavy atom. The lowest BCUT2D eigenvalue weighted by molar-refractivity contribution is -0.136. The average molecular weight is 201 g/mol. The Morgan fingerprint density at radius 1 is 1.00 bits per heavy atom. The fourth-order valence-electron chi connectivity index (χ4n) is 0.688. The van der Waals surface area contributed by atoms with Crippen LogP contribution >= 0.6 is 0 Å². The van der Waals surface area contributed by atoms with Crippen LogP contribution < -0.4 is 0 Å². The number of rotatable bonds is 1. The summed E-state index contributed by atoms with van der Waals surface area (Å²) < 4.78 is 0. The average Bonchev–Trinajstić information content (AvgIpc) is 2.53. The number of imide groups is 1. The molecule has 1 rings (SSSR count). The Balaban J connectivity index is 0. The summed E-state index contributed by atoms with van der Waals surface area (Å²) in [5.74, 6) is -0.120. The number of carbonyl (C=O) groups excluding carboxylic acids is 2.